The summed E-state index contributed by atoms with van der Waals surface area (Å²) in [4.78, 5) is 0. The van der Waals surface area contributed by atoms with E-state index in [0.717, 1.165) is 25.3 Å². The van der Waals surface area contributed by atoms with E-state index in [4.69, 9.17) is 0 Å². The second-order valence-corrected chi connectivity index (χ2v) is 3.67. The van der Waals surface area contributed by atoms with Crippen LogP contribution in [0.2, 0.25) is 0 Å². The van der Waals surface area contributed by atoms with Crippen molar-refractivity contribution in [2.45, 2.75) is 25.7 Å². The molecule has 2 heteroatoms. The summed E-state index contributed by atoms with van der Waals surface area (Å²) in [5, 5.41) is 0. The van der Waals surface area contributed by atoms with Crippen LogP contribution >= 0.6 is 0 Å². The lowest BCUT2D eigenvalue weighted by molar-refractivity contribution is 0.587. The molecule has 0 fully saturated rings. The van der Waals surface area contributed by atoms with Crippen molar-refractivity contribution in [1.29, 1.82) is 0 Å². The Morgan fingerprint density at radius 2 is 2.07 bits per heavy atom. The van der Waals surface area contributed by atoms with Crippen LogP contribution in [-0.4, -0.2) is 0 Å². The first-order valence-corrected chi connectivity index (χ1v) is 4.87. The number of hydrogen-bond acceptors (Lipinski definition) is 0. The molecule has 0 atom stereocenters. The van der Waals surface area contributed by atoms with Gasteiger partial charge in [0.1, 0.15) is 11.6 Å². The van der Waals surface area contributed by atoms with Gasteiger partial charge in [-0.1, -0.05) is 11.6 Å². The van der Waals surface area contributed by atoms with E-state index in [-0.39, 0.29) is 11.6 Å². The molecule has 0 aliphatic heterocycles. The maximum absolute atomic E-state index is 13.2. The van der Waals surface area contributed by atoms with Crippen LogP contribution in [0.3, 0.4) is 0 Å². The molecule has 2 rings (SSSR count). The zero-order chi connectivity index (χ0) is 9.97. The van der Waals surface area contributed by atoms with E-state index >= 15 is 0 Å². The van der Waals surface area contributed by atoms with E-state index in [1.54, 1.807) is 0 Å². The molecule has 0 nitrogen and oxygen atoms in total. The lowest BCUT2D eigenvalue weighted by atomic mass is 10.0. The molecule has 0 bridgehead atoms. The normalized spacial score (nSPS) is 15.7. The molecule has 0 unspecified atom stereocenters. The highest BCUT2D eigenvalue weighted by Gasteiger charge is 2.09. The second-order valence-electron chi connectivity index (χ2n) is 3.67. The van der Waals surface area contributed by atoms with Gasteiger partial charge in [-0.15, -0.1) is 0 Å². The number of halogens is 2. The molecule has 74 valence electrons. The number of benzene rings is 1. The predicted molar refractivity (Wildman–Crippen MR) is 52.0 cm³/mol. The first-order chi connectivity index (χ1) is 6.75. The highest BCUT2D eigenvalue weighted by atomic mass is 19.1. The monoisotopic (exact) mass is 194 g/mol. The Kier molecular flexibility index (Phi) is 2.62. The fourth-order valence-electron chi connectivity index (χ4n) is 1.82. The molecule has 0 saturated heterocycles. The molecule has 0 N–H and O–H groups in total. The Bertz CT molecular complexity index is 367. The Labute approximate surface area is 82.3 Å². The Morgan fingerprint density at radius 1 is 1.21 bits per heavy atom. The van der Waals surface area contributed by atoms with E-state index in [2.05, 4.69) is 6.08 Å². The first-order valence-electron chi connectivity index (χ1n) is 4.87. The third-order valence-electron chi connectivity index (χ3n) is 2.56. The van der Waals surface area contributed by atoms with E-state index in [9.17, 15) is 8.78 Å². The molecule has 14 heavy (non-hydrogen) atoms. The summed E-state index contributed by atoms with van der Waals surface area (Å²) >= 11 is 0. The molecule has 0 radical (unpaired) electrons. The van der Waals surface area contributed by atoms with Gasteiger partial charge in [0.2, 0.25) is 0 Å². The Morgan fingerprint density at radius 3 is 2.79 bits per heavy atom. The minimum atomic E-state index is -0.361. The van der Waals surface area contributed by atoms with Gasteiger partial charge in [-0.3, -0.25) is 0 Å². The predicted octanol–water partition coefficient (Wildman–Crippen LogP) is 3.62. The van der Waals surface area contributed by atoms with Crippen LogP contribution in [-0.2, 0) is 6.42 Å². The maximum Gasteiger partial charge on any atom is 0.126 e. The van der Waals surface area contributed by atoms with Crippen molar-refractivity contribution in [2.75, 3.05) is 0 Å². The van der Waals surface area contributed by atoms with Gasteiger partial charge >= 0.3 is 0 Å². The topological polar surface area (TPSA) is 0 Å². The first kappa shape index (κ1) is 9.38. The number of allylic oxidation sites excluding steroid dienone is 2. The molecule has 1 aliphatic carbocycles. The van der Waals surface area contributed by atoms with Gasteiger partial charge in [0.15, 0.2) is 0 Å². The molecule has 0 amide bonds. The van der Waals surface area contributed by atoms with Crippen molar-refractivity contribution >= 4 is 0 Å². The lowest BCUT2D eigenvalue weighted by Gasteiger charge is -2.03. The fraction of sp³-hybridized carbons (Fsp3) is 0.333. The van der Waals surface area contributed by atoms with Crippen molar-refractivity contribution in [1.82, 2.24) is 0 Å². The van der Waals surface area contributed by atoms with E-state index in [1.165, 1.54) is 17.7 Å². The smallest absolute Gasteiger partial charge is 0.126 e. The van der Waals surface area contributed by atoms with E-state index in [1.807, 2.05) is 0 Å². The molecule has 1 aromatic carbocycles. The van der Waals surface area contributed by atoms with Crippen molar-refractivity contribution in [3.05, 3.63) is 47.0 Å². The van der Waals surface area contributed by atoms with Gasteiger partial charge in [-0.2, -0.15) is 0 Å². The molecule has 0 saturated carbocycles. The summed E-state index contributed by atoms with van der Waals surface area (Å²) < 4.78 is 26.1. The summed E-state index contributed by atoms with van der Waals surface area (Å²) in [5.41, 5.74) is 1.70. The van der Waals surface area contributed by atoms with Gasteiger partial charge < -0.3 is 0 Å². The fourth-order valence-corrected chi connectivity index (χ4v) is 1.82. The van der Waals surface area contributed by atoms with Crippen LogP contribution in [0.1, 0.15) is 24.8 Å². The molecule has 0 heterocycles. The SMILES string of the molecule is Fc1ccc(F)c(CC2=CCCC2)c1. The van der Waals surface area contributed by atoms with Crippen LogP contribution in [0.4, 0.5) is 8.78 Å². The Hall–Kier alpha value is -1.18. The van der Waals surface area contributed by atoms with Crippen LogP contribution in [0.5, 0.6) is 0 Å². The number of rotatable bonds is 2. The van der Waals surface area contributed by atoms with Gasteiger partial charge in [0, 0.05) is 0 Å². The summed E-state index contributed by atoms with van der Waals surface area (Å²) in [6, 6.07) is 3.64. The molecular formula is C12H12F2. The van der Waals surface area contributed by atoms with Gasteiger partial charge in [-0.05, 0) is 49.4 Å². The van der Waals surface area contributed by atoms with E-state index < -0.39 is 0 Å². The average Bonchev–Trinajstić information content (AvgIpc) is 2.64. The van der Waals surface area contributed by atoms with Crippen molar-refractivity contribution in [2.24, 2.45) is 0 Å². The van der Waals surface area contributed by atoms with Crippen molar-refractivity contribution in [3.8, 4) is 0 Å². The van der Waals surface area contributed by atoms with Crippen LogP contribution in [0.15, 0.2) is 29.8 Å². The maximum atomic E-state index is 13.2. The largest absolute Gasteiger partial charge is 0.207 e. The van der Waals surface area contributed by atoms with Crippen LogP contribution < -0.4 is 0 Å². The second kappa shape index (κ2) is 3.91. The third-order valence-corrected chi connectivity index (χ3v) is 2.56. The van der Waals surface area contributed by atoms with Crippen LogP contribution in [0.25, 0.3) is 0 Å². The quantitative estimate of drug-likeness (QED) is 0.631. The average molecular weight is 194 g/mol. The van der Waals surface area contributed by atoms with Crippen molar-refractivity contribution in [3.63, 3.8) is 0 Å². The minimum absolute atomic E-state index is 0.306. The van der Waals surface area contributed by atoms with E-state index in [0.29, 0.717) is 12.0 Å². The number of hydrogen-bond donors (Lipinski definition) is 0. The van der Waals surface area contributed by atoms with Crippen LogP contribution in [0, 0.1) is 11.6 Å². The highest BCUT2D eigenvalue weighted by Crippen LogP contribution is 2.23. The summed E-state index contributed by atoms with van der Waals surface area (Å²) in [7, 11) is 0. The third kappa shape index (κ3) is 2.00. The zero-order valence-corrected chi connectivity index (χ0v) is 7.89. The van der Waals surface area contributed by atoms with Crippen molar-refractivity contribution < 1.29 is 8.78 Å². The standard InChI is InChI=1S/C12H12F2/c13-11-5-6-12(14)10(8-11)7-9-3-1-2-4-9/h3,5-6,8H,1-2,4,7H2. The molecule has 0 aromatic heterocycles. The zero-order valence-electron chi connectivity index (χ0n) is 7.89. The molecule has 1 aromatic rings. The minimum Gasteiger partial charge on any atom is -0.207 e. The van der Waals surface area contributed by atoms with Gasteiger partial charge in [0.25, 0.3) is 0 Å². The Balaban J connectivity index is 2.19. The molecular weight excluding hydrogens is 182 g/mol. The highest BCUT2D eigenvalue weighted by molar-refractivity contribution is 5.25. The molecule has 0 spiro atoms. The molecule has 1 aliphatic rings. The summed E-state index contributed by atoms with van der Waals surface area (Å²) in [5.74, 6) is -0.667. The van der Waals surface area contributed by atoms with Gasteiger partial charge in [0.05, 0.1) is 0 Å². The van der Waals surface area contributed by atoms with Gasteiger partial charge in [-0.25, -0.2) is 8.78 Å². The summed E-state index contributed by atoms with van der Waals surface area (Å²) in [6.07, 6.45) is 5.93. The lowest BCUT2D eigenvalue weighted by Crippen LogP contribution is -1.93. The summed E-state index contributed by atoms with van der Waals surface area (Å²) in [6.45, 7) is 0.